The van der Waals surface area contributed by atoms with Crippen LogP contribution >= 0.6 is 0 Å². The highest BCUT2D eigenvalue weighted by Gasteiger charge is 2.34. The van der Waals surface area contributed by atoms with Crippen molar-refractivity contribution in [3.8, 4) is 11.1 Å². The number of anilines is 3. The molecular formula is C35H29N. The second-order valence-corrected chi connectivity index (χ2v) is 9.73. The molecule has 0 unspecified atom stereocenters. The van der Waals surface area contributed by atoms with E-state index in [1.807, 2.05) is 66.7 Å². The van der Waals surface area contributed by atoms with Crippen molar-refractivity contribution < 1.29 is 2.74 Å². The molecule has 1 nitrogen and oxygen atoms in total. The van der Waals surface area contributed by atoms with Gasteiger partial charge in [-0.1, -0.05) is 117 Å². The largest absolute Gasteiger partial charge is 0.311 e. The van der Waals surface area contributed by atoms with Crippen LogP contribution in [-0.2, 0) is 5.41 Å². The van der Waals surface area contributed by atoms with Crippen molar-refractivity contribution in [2.75, 3.05) is 4.90 Å². The molecule has 0 bridgehead atoms. The van der Waals surface area contributed by atoms with Crippen molar-refractivity contribution in [3.05, 3.63) is 150 Å². The first kappa shape index (κ1) is 19.9. The molecule has 0 spiro atoms. The molecule has 5 aromatic rings. The van der Waals surface area contributed by atoms with Crippen molar-refractivity contribution in [2.45, 2.75) is 19.3 Å². The maximum atomic E-state index is 8.90. The zero-order chi connectivity index (χ0) is 26.3. The standard InChI is InChI=1S/C35H29N/c1-35(2)33-16-10-9-15-31(33)32-24-21-27(25-34(32)35)18-17-26-19-22-30(23-20-26)36(28-11-5-3-6-12-28)29-13-7-4-8-14-29/h3-25H,1-2H3/b18-17+/i17D,18D. The number of hydrogen-bond acceptors (Lipinski definition) is 1. The highest BCUT2D eigenvalue weighted by atomic mass is 15.1. The normalized spacial score (nSPS) is 14.7. The average Bonchev–Trinajstić information content (AvgIpc) is 3.20. The molecule has 0 aliphatic heterocycles. The molecule has 1 aliphatic carbocycles. The van der Waals surface area contributed by atoms with E-state index in [-0.39, 0.29) is 17.5 Å². The Kier molecular flexibility index (Phi) is 4.98. The molecular weight excluding hydrogens is 434 g/mol. The van der Waals surface area contributed by atoms with Gasteiger partial charge in [-0.15, -0.1) is 0 Å². The zero-order valence-corrected chi connectivity index (χ0v) is 20.6. The molecule has 1 aliphatic rings. The maximum Gasteiger partial charge on any atom is 0.0629 e. The Morgan fingerprint density at radius 3 is 1.69 bits per heavy atom. The Hall–Kier alpha value is -4.36. The molecule has 5 aromatic carbocycles. The van der Waals surface area contributed by atoms with E-state index < -0.39 is 0 Å². The fourth-order valence-corrected chi connectivity index (χ4v) is 5.22. The summed E-state index contributed by atoms with van der Waals surface area (Å²) < 4.78 is 17.8. The van der Waals surface area contributed by atoms with Crippen molar-refractivity contribution in [2.24, 2.45) is 0 Å². The summed E-state index contributed by atoms with van der Waals surface area (Å²) in [5, 5.41) is 0. The minimum Gasteiger partial charge on any atom is -0.311 e. The minimum absolute atomic E-state index is 0.135. The van der Waals surface area contributed by atoms with Gasteiger partial charge in [0.25, 0.3) is 0 Å². The fraction of sp³-hybridized carbons (Fsp3) is 0.0857. The van der Waals surface area contributed by atoms with Gasteiger partial charge in [-0.05, 0) is 69.8 Å². The summed E-state index contributed by atoms with van der Waals surface area (Å²) in [7, 11) is 0. The molecule has 174 valence electrons. The molecule has 0 aromatic heterocycles. The Bertz CT molecular complexity index is 1600. The fourth-order valence-electron chi connectivity index (χ4n) is 5.22. The average molecular weight is 466 g/mol. The first-order chi connectivity index (χ1) is 18.4. The summed E-state index contributed by atoms with van der Waals surface area (Å²) in [4.78, 5) is 2.19. The van der Waals surface area contributed by atoms with Gasteiger partial charge in [-0.3, -0.25) is 0 Å². The van der Waals surface area contributed by atoms with Crippen LogP contribution in [0.3, 0.4) is 0 Å². The maximum absolute atomic E-state index is 8.90. The first-order valence-corrected chi connectivity index (χ1v) is 12.4. The lowest BCUT2D eigenvalue weighted by Gasteiger charge is -2.25. The Morgan fingerprint density at radius 2 is 1.03 bits per heavy atom. The van der Waals surface area contributed by atoms with E-state index in [4.69, 9.17) is 2.74 Å². The van der Waals surface area contributed by atoms with Gasteiger partial charge < -0.3 is 4.90 Å². The number of fused-ring (bicyclic) bond motifs is 3. The van der Waals surface area contributed by atoms with Gasteiger partial charge in [0, 0.05) is 22.5 Å². The molecule has 36 heavy (non-hydrogen) atoms. The number of rotatable bonds is 5. The first-order valence-electron chi connectivity index (χ1n) is 13.4. The molecule has 6 rings (SSSR count). The Morgan fingerprint density at radius 1 is 0.528 bits per heavy atom. The van der Waals surface area contributed by atoms with Gasteiger partial charge >= 0.3 is 0 Å². The highest BCUT2D eigenvalue weighted by molar-refractivity contribution is 5.83. The van der Waals surface area contributed by atoms with E-state index in [1.165, 1.54) is 22.3 Å². The lowest BCUT2D eigenvalue weighted by Crippen LogP contribution is -2.14. The summed E-state index contributed by atoms with van der Waals surface area (Å²) in [5.41, 5.74) is 9.50. The summed E-state index contributed by atoms with van der Waals surface area (Å²) >= 11 is 0. The number of benzene rings is 5. The van der Waals surface area contributed by atoms with Crippen molar-refractivity contribution in [3.63, 3.8) is 0 Å². The van der Waals surface area contributed by atoms with E-state index in [0.29, 0.717) is 0 Å². The van der Waals surface area contributed by atoms with E-state index in [2.05, 4.69) is 79.4 Å². The summed E-state index contributed by atoms with van der Waals surface area (Å²) in [5.74, 6) is 0. The molecule has 0 fully saturated rings. The van der Waals surface area contributed by atoms with Crippen LogP contribution in [0.15, 0.2) is 127 Å². The van der Waals surface area contributed by atoms with E-state index in [9.17, 15) is 0 Å². The number of nitrogens with zero attached hydrogens (tertiary/aromatic N) is 1. The molecule has 0 saturated heterocycles. The molecule has 0 amide bonds. The van der Waals surface area contributed by atoms with Crippen molar-refractivity contribution in [1.29, 1.82) is 0 Å². The van der Waals surface area contributed by atoms with Crippen LogP contribution in [0.2, 0.25) is 0 Å². The third-order valence-electron chi connectivity index (χ3n) is 7.09. The van der Waals surface area contributed by atoms with Gasteiger partial charge in [0.1, 0.15) is 0 Å². The summed E-state index contributed by atoms with van der Waals surface area (Å²) in [6.45, 7) is 4.47. The lowest BCUT2D eigenvalue weighted by atomic mass is 9.82. The zero-order valence-electron chi connectivity index (χ0n) is 22.6. The molecule has 0 atom stereocenters. The third kappa shape index (κ3) is 3.93. The molecule has 0 N–H and O–H groups in total. The lowest BCUT2D eigenvalue weighted by molar-refractivity contribution is 0.660. The van der Waals surface area contributed by atoms with Gasteiger partial charge in [-0.25, -0.2) is 0 Å². The van der Waals surface area contributed by atoms with E-state index >= 15 is 0 Å². The molecule has 0 saturated carbocycles. The van der Waals surface area contributed by atoms with Gasteiger partial charge in [0.2, 0.25) is 0 Å². The van der Waals surface area contributed by atoms with Crippen molar-refractivity contribution in [1.82, 2.24) is 0 Å². The van der Waals surface area contributed by atoms with Crippen LogP contribution in [0.1, 0.15) is 38.8 Å². The second-order valence-electron chi connectivity index (χ2n) is 9.73. The minimum atomic E-state index is -0.135. The molecule has 0 heterocycles. The Labute approximate surface area is 216 Å². The topological polar surface area (TPSA) is 3.24 Å². The van der Waals surface area contributed by atoms with E-state index in [0.717, 1.165) is 28.2 Å². The monoisotopic (exact) mass is 465 g/mol. The highest BCUT2D eigenvalue weighted by Crippen LogP contribution is 2.48. The number of para-hydroxylation sites is 2. The van der Waals surface area contributed by atoms with Crippen LogP contribution < -0.4 is 4.90 Å². The molecule has 0 radical (unpaired) electrons. The van der Waals surface area contributed by atoms with Gasteiger partial charge in [0.15, 0.2) is 0 Å². The van der Waals surface area contributed by atoms with Gasteiger partial charge in [0.05, 0.1) is 2.74 Å². The predicted molar refractivity (Wildman–Crippen MR) is 154 cm³/mol. The quantitative estimate of drug-likeness (QED) is 0.234. The summed E-state index contributed by atoms with van der Waals surface area (Å²) in [6, 6.07) is 43.6. The third-order valence-corrected chi connectivity index (χ3v) is 7.09. The van der Waals surface area contributed by atoms with Crippen LogP contribution in [-0.4, -0.2) is 0 Å². The second kappa shape index (κ2) is 9.02. The van der Waals surface area contributed by atoms with Crippen LogP contribution in [0.5, 0.6) is 0 Å². The predicted octanol–water partition coefficient (Wildman–Crippen LogP) is 9.63. The van der Waals surface area contributed by atoms with Crippen molar-refractivity contribution >= 4 is 29.2 Å². The van der Waals surface area contributed by atoms with Gasteiger partial charge in [-0.2, -0.15) is 0 Å². The number of hydrogen-bond donors (Lipinski definition) is 0. The van der Waals surface area contributed by atoms with Crippen LogP contribution in [0.25, 0.3) is 23.2 Å². The Balaban J connectivity index is 1.35. The molecule has 1 heteroatoms. The van der Waals surface area contributed by atoms with Crippen LogP contribution in [0, 0.1) is 0 Å². The SMILES string of the molecule is [2H]/C(=C(/[2H])c1ccc2c(c1)C(C)(C)c1ccccc1-2)c1ccc(N(c2ccccc2)c2ccccc2)cc1. The van der Waals surface area contributed by atoms with Crippen LogP contribution in [0.4, 0.5) is 17.1 Å². The smallest absolute Gasteiger partial charge is 0.0629 e. The van der Waals surface area contributed by atoms with E-state index in [1.54, 1.807) is 0 Å². The summed E-state index contributed by atoms with van der Waals surface area (Å²) in [6.07, 6.45) is 0.